The van der Waals surface area contributed by atoms with Crippen LogP contribution in [0.1, 0.15) is 31.7 Å². The first-order chi connectivity index (χ1) is 13.2. The zero-order valence-electron chi connectivity index (χ0n) is 16.3. The molecule has 7 nitrogen and oxygen atoms in total. The van der Waals surface area contributed by atoms with Gasteiger partial charge in [0, 0.05) is 45.2 Å². The summed E-state index contributed by atoms with van der Waals surface area (Å²) in [5, 5.41) is 3.40. The van der Waals surface area contributed by atoms with Gasteiger partial charge < -0.3 is 24.6 Å². The smallest absolute Gasteiger partial charge is 0.409 e. The number of para-hydroxylation sites is 1. The van der Waals surface area contributed by atoms with Crippen molar-refractivity contribution in [3.63, 3.8) is 0 Å². The number of carbonyl (C=O) groups is 1. The van der Waals surface area contributed by atoms with Crippen LogP contribution in [-0.4, -0.2) is 74.3 Å². The fraction of sp³-hybridized carbons (Fsp3) is 0.600. The molecule has 1 aromatic carbocycles. The molecule has 1 aromatic rings. The van der Waals surface area contributed by atoms with E-state index in [0.29, 0.717) is 25.6 Å². The van der Waals surface area contributed by atoms with Crippen LogP contribution in [0.3, 0.4) is 0 Å². The Kier molecular flexibility index (Phi) is 6.79. The minimum Gasteiger partial charge on any atom is -0.493 e. The highest BCUT2D eigenvalue weighted by molar-refractivity contribution is 5.80. The van der Waals surface area contributed by atoms with E-state index in [1.807, 2.05) is 19.1 Å². The zero-order valence-corrected chi connectivity index (χ0v) is 16.3. The summed E-state index contributed by atoms with van der Waals surface area (Å²) >= 11 is 0. The quantitative estimate of drug-likeness (QED) is 0.647. The third-order valence-corrected chi connectivity index (χ3v) is 4.98. The van der Waals surface area contributed by atoms with Gasteiger partial charge in [0.05, 0.1) is 13.2 Å². The van der Waals surface area contributed by atoms with Crippen LogP contribution in [-0.2, 0) is 4.74 Å². The Morgan fingerprint density at radius 3 is 2.70 bits per heavy atom. The van der Waals surface area contributed by atoms with Gasteiger partial charge in [0.1, 0.15) is 5.75 Å². The van der Waals surface area contributed by atoms with Crippen LogP contribution in [0.15, 0.2) is 29.3 Å². The van der Waals surface area contributed by atoms with Crippen molar-refractivity contribution < 1.29 is 14.3 Å². The Hall–Kier alpha value is -2.44. The molecule has 7 heteroatoms. The van der Waals surface area contributed by atoms with Gasteiger partial charge in [0.15, 0.2) is 5.96 Å². The van der Waals surface area contributed by atoms with Crippen molar-refractivity contribution in [1.82, 2.24) is 15.1 Å². The van der Waals surface area contributed by atoms with Crippen molar-refractivity contribution in [3.8, 4) is 5.75 Å². The second-order valence-corrected chi connectivity index (χ2v) is 6.74. The monoisotopic (exact) mass is 374 g/mol. The van der Waals surface area contributed by atoms with Gasteiger partial charge in [-0.15, -0.1) is 0 Å². The molecule has 0 radical (unpaired) electrons. The highest BCUT2D eigenvalue weighted by atomic mass is 16.6. The Morgan fingerprint density at radius 2 is 1.96 bits per heavy atom. The summed E-state index contributed by atoms with van der Waals surface area (Å²) in [6, 6.07) is 8.24. The summed E-state index contributed by atoms with van der Waals surface area (Å²) in [6.07, 6.45) is 0.759. The number of guanidine groups is 1. The molecule has 2 aliphatic rings. The molecule has 1 atom stereocenters. The van der Waals surface area contributed by atoms with Crippen molar-refractivity contribution >= 4 is 12.1 Å². The number of nitrogens with one attached hydrogen (secondary N) is 1. The van der Waals surface area contributed by atoms with E-state index in [1.54, 1.807) is 4.90 Å². The normalized spacial score (nSPS) is 19.9. The summed E-state index contributed by atoms with van der Waals surface area (Å²) in [7, 11) is 0. The van der Waals surface area contributed by atoms with Crippen LogP contribution in [0.4, 0.5) is 4.79 Å². The predicted octanol–water partition coefficient (Wildman–Crippen LogP) is 2.29. The fourth-order valence-corrected chi connectivity index (χ4v) is 3.54. The molecule has 148 valence electrons. The molecule has 0 aliphatic carbocycles. The number of hydrogen-bond donors (Lipinski definition) is 1. The second kappa shape index (κ2) is 9.48. The maximum Gasteiger partial charge on any atom is 0.409 e. The Balaban J connectivity index is 1.62. The molecular weight excluding hydrogens is 344 g/mol. The van der Waals surface area contributed by atoms with E-state index < -0.39 is 0 Å². The third kappa shape index (κ3) is 4.84. The molecule has 0 aromatic heterocycles. The van der Waals surface area contributed by atoms with Gasteiger partial charge in [-0.05, 0) is 31.9 Å². The van der Waals surface area contributed by atoms with Crippen molar-refractivity contribution in [1.29, 1.82) is 0 Å². The predicted molar refractivity (Wildman–Crippen MR) is 105 cm³/mol. The van der Waals surface area contributed by atoms with Crippen molar-refractivity contribution in [2.75, 3.05) is 52.5 Å². The summed E-state index contributed by atoms with van der Waals surface area (Å²) in [5.74, 6) is 2.28. The van der Waals surface area contributed by atoms with E-state index >= 15 is 0 Å². The largest absolute Gasteiger partial charge is 0.493 e. The topological polar surface area (TPSA) is 66.4 Å². The van der Waals surface area contributed by atoms with E-state index in [4.69, 9.17) is 14.5 Å². The first kappa shape index (κ1) is 19.3. The van der Waals surface area contributed by atoms with Gasteiger partial charge in [0.2, 0.25) is 0 Å². The number of fused-ring (bicyclic) bond motifs is 1. The first-order valence-electron chi connectivity index (χ1n) is 9.89. The Labute approximate surface area is 161 Å². The lowest BCUT2D eigenvalue weighted by Crippen LogP contribution is -2.54. The summed E-state index contributed by atoms with van der Waals surface area (Å²) in [6.45, 7) is 9.45. The number of carbonyl (C=O) groups excluding carboxylic acids is 1. The number of benzene rings is 1. The molecule has 2 aliphatic heterocycles. The molecule has 1 N–H and O–H groups in total. The molecule has 1 amide bonds. The van der Waals surface area contributed by atoms with Crippen LogP contribution >= 0.6 is 0 Å². The van der Waals surface area contributed by atoms with Gasteiger partial charge in [0.25, 0.3) is 0 Å². The van der Waals surface area contributed by atoms with Gasteiger partial charge in [-0.2, -0.15) is 0 Å². The number of hydrogen-bond acceptors (Lipinski definition) is 4. The second-order valence-electron chi connectivity index (χ2n) is 6.74. The van der Waals surface area contributed by atoms with Gasteiger partial charge in [-0.1, -0.05) is 18.2 Å². The number of amides is 1. The maximum absolute atomic E-state index is 11.9. The summed E-state index contributed by atoms with van der Waals surface area (Å²) < 4.78 is 10.9. The minimum absolute atomic E-state index is 0.224. The van der Waals surface area contributed by atoms with Crippen LogP contribution in [0.5, 0.6) is 5.75 Å². The van der Waals surface area contributed by atoms with Gasteiger partial charge in [-0.25, -0.2) is 4.79 Å². The van der Waals surface area contributed by atoms with Crippen LogP contribution in [0.2, 0.25) is 0 Å². The van der Waals surface area contributed by atoms with Crippen molar-refractivity contribution in [2.45, 2.75) is 26.2 Å². The lowest BCUT2D eigenvalue weighted by atomic mass is 9.93. The zero-order chi connectivity index (χ0) is 19.1. The standard InChI is InChI=1S/C20H30N4O3/c1-3-21-19(23-10-12-24(13-11-23)20(25)26-4-2)22-15-16-9-14-27-18-8-6-5-7-17(16)18/h5-8,16H,3-4,9-15H2,1-2H3,(H,21,22). The van der Waals surface area contributed by atoms with Crippen LogP contribution < -0.4 is 10.1 Å². The highest BCUT2D eigenvalue weighted by Gasteiger charge is 2.25. The van der Waals surface area contributed by atoms with Gasteiger partial charge in [-0.3, -0.25) is 4.99 Å². The average Bonchev–Trinajstić information content (AvgIpc) is 2.71. The van der Waals surface area contributed by atoms with Crippen molar-refractivity contribution in [3.05, 3.63) is 29.8 Å². The number of aliphatic imine (C=N–C) groups is 1. The van der Waals surface area contributed by atoms with E-state index in [9.17, 15) is 4.79 Å². The summed E-state index contributed by atoms with van der Waals surface area (Å²) in [5.41, 5.74) is 1.25. The lowest BCUT2D eigenvalue weighted by molar-refractivity contribution is 0.0914. The van der Waals surface area contributed by atoms with Crippen molar-refractivity contribution in [2.24, 2.45) is 4.99 Å². The number of nitrogens with zero attached hydrogens (tertiary/aromatic N) is 3. The molecule has 2 heterocycles. The fourth-order valence-electron chi connectivity index (χ4n) is 3.54. The van der Waals surface area contributed by atoms with E-state index in [0.717, 1.165) is 50.9 Å². The lowest BCUT2D eigenvalue weighted by Gasteiger charge is -2.36. The third-order valence-electron chi connectivity index (χ3n) is 4.98. The number of piperazine rings is 1. The van der Waals surface area contributed by atoms with E-state index in [2.05, 4.69) is 29.3 Å². The molecular formula is C20H30N4O3. The molecule has 3 rings (SSSR count). The van der Waals surface area contributed by atoms with E-state index in [-0.39, 0.29) is 6.09 Å². The Morgan fingerprint density at radius 1 is 1.22 bits per heavy atom. The molecule has 0 spiro atoms. The summed E-state index contributed by atoms with van der Waals surface area (Å²) in [4.78, 5) is 20.8. The molecule has 1 unspecified atom stereocenters. The molecule has 27 heavy (non-hydrogen) atoms. The molecule has 1 fully saturated rings. The maximum atomic E-state index is 11.9. The molecule has 0 saturated carbocycles. The number of ether oxygens (including phenoxy) is 2. The first-order valence-corrected chi connectivity index (χ1v) is 9.89. The average molecular weight is 374 g/mol. The van der Waals surface area contributed by atoms with Crippen LogP contribution in [0.25, 0.3) is 0 Å². The van der Waals surface area contributed by atoms with Gasteiger partial charge >= 0.3 is 6.09 Å². The van der Waals surface area contributed by atoms with Crippen LogP contribution in [0, 0.1) is 0 Å². The Bertz CT molecular complexity index is 656. The minimum atomic E-state index is -0.224. The number of rotatable bonds is 4. The molecule has 1 saturated heterocycles. The molecule has 0 bridgehead atoms. The highest BCUT2D eigenvalue weighted by Crippen LogP contribution is 2.33. The van der Waals surface area contributed by atoms with E-state index in [1.165, 1.54) is 5.56 Å². The SMILES string of the molecule is CCNC(=NCC1CCOc2ccccc21)N1CCN(C(=O)OCC)CC1.